The molecule has 0 saturated heterocycles. The van der Waals surface area contributed by atoms with Gasteiger partial charge in [-0.15, -0.1) is 0 Å². The highest BCUT2D eigenvalue weighted by Gasteiger charge is 1.99. The number of H-pyrrole nitrogens is 1. The Labute approximate surface area is 81.8 Å². The number of nitrogens with zero attached hydrogens (tertiary/aromatic N) is 1. The van der Waals surface area contributed by atoms with E-state index in [1.165, 1.54) is 0 Å². The van der Waals surface area contributed by atoms with Crippen LogP contribution in [0, 0.1) is 0 Å². The van der Waals surface area contributed by atoms with Crippen LogP contribution in [0.4, 0.5) is 0 Å². The number of rotatable bonds is 3. The molecular formula is C11H10N2O. The van der Waals surface area contributed by atoms with Gasteiger partial charge in [0.05, 0.1) is 0 Å². The molecule has 0 unspecified atom stereocenters. The third-order valence-electron chi connectivity index (χ3n) is 2.02. The third-order valence-corrected chi connectivity index (χ3v) is 2.02. The second kappa shape index (κ2) is 3.87. The van der Waals surface area contributed by atoms with Gasteiger partial charge in [0.2, 0.25) is 0 Å². The summed E-state index contributed by atoms with van der Waals surface area (Å²) in [5.41, 5.74) is 2.84. The molecule has 0 aliphatic rings. The van der Waals surface area contributed by atoms with Gasteiger partial charge in [0.25, 0.3) is 0 Å². The van der Waals surface area contributed by atoms with Gasteiger partial charge in [-0.05, 0) is 17.7 Å². The average Bonchev–Trinajstić information content (AvgIpc) is 2.67. The summed E-state index contributed by atoms with van der Waals surface area (Å²) >= 11 is 0. The number of aromatic amines is 1. The van der Waals surface area contributed by atoms with Crippen molar-refractivity contribution in [3.05, 3.63) is 53.6 Å². The van der Waals surface area contributed by atoms with Crippen LogP contribution < -0.4 is 0 Å². The van der Waals surface area contributed by atoms with E-state index < -0.39 is 0 Å². The summed E-state index contributed by atoms with van der Waals surface area (Å²) in [5, 5.41) is 0. The summed E-state index contributed by atoms with van der Waals surface area (Å²) < 4.78 is 0. The van der Waals surface area contributed by atoms with Crippen molar-refractivity contribution in [2.45, 2.75) is 6.42 Å². The van der Waals surface area contributed by atoms with E-state index in [4.69, 9.17) is 0 Å². The van der Waals surface area contributed by atoms with Crippen LogP contribution in [0.25, 0.3) is 0 Å². The smallest absolute Gasteiger partial charge is 0.151 e. The highest BCUT2D eigenvalue weighted by Crippen LogP contribution is 2.07. The predicted molar refractivity (Wildman–Crippen MR) is 53.2 cm³/mol. The summed E-state index contributed by atoms with van der Waals surface area (Å²) in [6.45, 7) is 0. The first-order valence-corrected chi connectivity index (χ1v) is 4.40. The molecule has 0 spiro atoms. The first kappa shape index (κ1) is 8.69. The minimum Gasteiger partial charge on any atom is -0.364 e. The first-order valence-electron chi connectivity index (χ1n) is 4.40. The van der Waals surface area contributed by atoms with E-state index in [-0.39, 0.29) is 0 Å². The molecule has 0 atom stereocenters. The molecule has 2 heterocycles. The molecule has 14 heavy (non-hydrogen) atoms. The van der Waals surface area contributed by atoms with E-state index in [1.54, 1.807) is 12.4 Å². The van der Waals surface area contributed by atoms with Crippen molar-refractivity contribution in [1.82, 2.24) is 9.97 Å². The Hall–Kier alpha value is -1.90. The standard InChI is InChI=1S/C11H10N2O/c14-8-10-5-11(13-7-10)4-9-2-1-3-12-6-9/h1-3,5-8,13H,4H2. The molecule has 0 amide bonds. The Balaban J connectivity index is 2.15. The SMILES string of the molecule is O=Cc1c[nH]c(Cc2cccnc2)c1. The van der Waals surface area contributed by atoms with Crippen molar-refractivity contribution in [2.75, 3.05) is 0 Å². The summed E-state index contributed by atoms with van der Waals surface area (Å²) in [6, 6.07) is 5.76. The van der Waals surface area contributed by atoms with Crippen molar-refractivity contribution in [3.8, 4) is 0 Å². The van der Waals surface area contributed by atoms with Crippen molar-refractivity contribution in [1.29, 1.82) is 0 Å². The maximum atomic E-state index is 10.4. The zero-order valence-electron chi connectivity index (χ0n) is 7.60. The lowest BCUT2D eigenvalue weighted by Gasteiger charge is -1.96. The number of nitrogens with one attached hydrogen (secondary N) is 1. The van der Waals surface area contributed by atoms with Crippen LogP contribution in [0.15, 0.2) is 36.8 Å². The molecule has 2 rings (SSSR count). The zero-order chi connectivity index (χ0) is 9.80. The lowest BCUT2D eigenvalue weighted by molar-refractivity contribution is 0.112. The summed E-state index contributed by atoms with van der Waals surface area (Å²) in [5.74, 6) is 0. The lowest BCUT2D eigenvalue weighted by Crippen LogP contribution is -1.87. The van der Waals surface area contributed by atoms with Gasteiger partial charge in [0.1, 0.15) is 0 Å². The minimum absolute atomic E-state index is 0.684. The van der Waals surface area contributed by atoms with Crippen molar-refractivity contribution in [3.63, 3.8) is 0 Å². The van der Waals surface area contributed by atoms with Crippen LogP contribution >= 0.6 is 0 Å². The fourth-order valence-electron chi connectivity index (χ4n) is 1.35. The molecule has 0 fully saturated rings. The van der Waals surface area contributed by atoms with Crippen LogP contribution in [0.2, 0.25) is 0 Å². The maximum Gasteiger partial charge on any atom is 0.151 e. The molecular weight excluding hydrogens is 176 g/mol. The molecule has 70 valence electrons. The summed E-state index contributed by atoms with van der Waals surface area (Å²) in [4.78, 5) is 17.5. The number of aromatic nitrogens is 2. The van der Waals surface area contributed by atoms with Gasteiger partial charge in [0.15, 0.2) is 6.29 Å². The third kappa shape index (κ3) is 1.88. The Morgan fingerprint density at radius 1 is 1.50 bits per heavy atom. The number of carbonyl (C=O) groups is 1. The van der Waals surface area contributed by atoms with Gasteiger partial charge in [-0.3, -0.25) is 9.78 Å². The summed E-state index contributed by atoms with van der Waals surface area (Å²) in [7, 11) is 0. The fraction of sp³-hybridized carbons (Fsp3) is 0.0909. The molecule has 0 bridgehead atoms. The molecule has 0 aliphatic heterocycles. The normalized spacial score (nSPS) is 10.0. The summed E-state index contributed by atoms with van der Waals surface area (Å²) in [6.07, 6.45) is 6.89. The van der Waals surface area contributed by atoms with Crippen LogP contribution in [0.3, 0.4) is 0 Å². The first-order chi connectivity index (χ1) is 6.88. The van der Waals surface area contributed by atoms with Crippen molar-refractivity contribution in [2.24, 2.45) is 0 Å². The van der Waals surface area contributed by atoms with E-state index in [9.17, 15) is 4.79 Å². The van der Waals surface area contributed by atoms with Crippen LogP contribution in [0.5, 0.6) is 0 Å². The largest absolute Gasteiger partial charge is 0.364 e. The number of pyridine rings is 1. The fourth-order valence-corrected chi connectivity index (χ4v) is 1.35. The molecule has 1 N–H and O–H groups in total. The van der Waals surface area contributed by atoms with E-state index in [1.807, 2.05) is 24.4 Å². The number of carbonyl (C=O) groups excluding carboxylic acids is 1. The Kier molecular flexibility index (Phi) is 2.40. The quantitative estimate of drug-likeness (QED) is 0.743. The topological polar surface area (TPSA) is 45.8 Å². The molecule has 3 heteroatoms. The van der Waals surface area contributed by atoms with E-state index in [2.05, 4.69) is 9.97 Å². The second-order valence-corrected chi connectivity index (χ2v) is 3.11. The maximum absolute atomic E-state index is 10.4. The van der Waals surface area contributed by atoms with Gasteiger partial charge < -0.3 is 4.98 Å². The molecule has 2 aromatic rings. The van der Waals surface area contributed by atoms with Gasteiger partial charge in [-0.2, -0.15) is 0 Å². The molecule has 0 saturated carbocycles. The highest BCUT2D eigenvalue weighted by atomic mass is 16.1. The van der Waals surface area contributed by atoms with E-state index >= 15 is 0 Å². The van der Waals surface area contributed by atoms with Crippen LogP contribution in [-0.2, 0) is 6.42 Å². The number of hydrogen-bond acceptors (Lipinski definition) is 2. The Bertz CT molecular complexity index is 420. The molecule has 2 aromatic heterocycles. The van der Waals surface area contributed by atoms with Crippen LogP contribution in [0.1, 0.15) is 21.6 Å². The van der Waals surface area contributed by atoms with Gasteiger partial charge in [0, 0.05) is 36.3 Å². The van der Waals surface area contributed by atoms with E-state index in [0.29, 0.717) is 5.56 Å². The zero-order valence-corrected chi connectivity index (χ0v) is 7.60. The minimum atomic E-state index is 0.684. The number of aldehydes is 1. The Morgan fingerprint density at radius 2 is 2.43 bits per heavy atom. The molecule has 3 nitrogen and oxygen atoms in total. The van der Waals surface area contributed by atoms with Crippen molar-refractivity contribution >= 4 is 6.29 Å². The predicted octanol–water partition coefficient (Wildman–Crippen LogP) is 1.81. The lowest BCUT2D eigenvalue weighted by atomic mass is 10.1. The average molecular weight is 186 g/mol. The van der Waals surface area contributed by atoms with Gasteiger partial charge in [-0.25, -0.2) is 0 Å². The van der Waals surface area contributed by atoms with Gasteiger partial charge >= 0.3 is 0 Å². The van der Waals surface area contributed by atoms with E-state index in [0.717, 1.165) is 24.0 Å². The monoisotopic (exact) mass is 186 g/mol. The highest BCUT2D eigenvalue weighted by molar-refractivity contribution is 5.74. The van der Waals surface area contributed by atoms with Crippen LogP contribution in [-0.4, -0.2) is 16.3 Å². The van der Waals surface area contributed by atoms with Crippen molar-refractivity contribution < 1.29 is 4.79 Å². The molecule has 0 aromatic carbocycles. The van der Waals surface area contributed by atoms with Gasteiger partial charge in [-0.1, -0.05) is 6.07 Å². The second-order valence-electron chi connectivity index (χ2n) is 3.11. The Morgan fingerprint density at radius 3 is 3.07 bits per heavy atom. The molecule has 0 aliphatic carbocycles. The molecule has 0 radical (unpaired) electrons. The number of hydrogen-bond donors (Lipinski definition) is 1.